The molecule has 0 spiro atoms. The fourth-order valence-corrected chi connectivity index (χ4v) is 2.17. The van der Waals surface area contributed by atoms with Crippen LogP contribution >= 0.6 is 0 Å². The molecule has 0 heterocycles. The van der Waals surface area contributed by atoms with E-state index in [1.807, 2.05) is 0 Å². The van der Waals surface area contributed by atoms with Gasteiger partial charge in [0.2, 0.25) is 0 Å². The molecule has 0 N–H and O–H groups in total. The van der Waals surface area contributed by atoms with Crippen molar-refractivity contribution in [3.05, 3.63) is 30.3 Å². The van der Waals surface area contributed by atoms with Crippen LogP contribution in [0.25, 0.3) is 0 Å². The van der Waals surface area contributed by atoms with Crippen molar-refractivity contribution in [3.8, 4) is 0 Å². The number of benzene rings is 1. The van der Waals surface area contributed by atoms with Gasteiger partial charge in [0.25, 0.3) is 10.1 Å². The zero-order chi connectivity index (χ0) is 13.4. The zero-order valence-corrected chi connectivity index (χ0v) is 11.7. The van der Waals surface area contributed by atoms with Crippen molar-refractivity contribution in [1.82, 2.24) is 0 Å². The largest absolute Gasteiger partial charge is 0.379 e. The Kier molecular flexibility index (Phi) is 6.32. The van der Waals surface area contributed by atoms with Crippen LogP contribution in [-0.4, -0.2) is 28.2 Å². The lowest BCUT2D eigenvalue weighted by Gasteiger charge is -2.09. The van der Waals surface area contributed by atoms with Crippen molar-refractivity contribution in [2.75, 3.05) is 19.8 Å². The van der Waals surface area contributed by atoms with Crippen LogP contribution in [0.15, 0.2) is 35.2 Å². The van der Waals surface area contributed by atoms with Crippen LogP contribution < -0.4 is 0 Å². The van der Waals surface area contributed by atoms with Crippen molar-refractivity contribution >= 4 is 10.1 Å². The summed E-state index contributed by atoms with van der Waals surface area (Å²) in [7, 11) is -3.65. The first-order chi connectivity index (χ1) is 8.56. The lowest BCUT2D eigenvalue weighted by molar-refractivity contribution is 0.0787. The van der Waals surface area contributed by atoms with E-state index in [2.05, 4.69) is 13.8 Å². The topological polar surface area (TPSA) is 52.6 Å². The second-order valence-corrected chi connectivity index (χ2v) is 5.79. The highest BCUT2D eigenvalue weighted by atomic mass is 32.2. The van der Waals surface area contributed by atoms with E-state index in [1.54, 1.807) is 18.2 Å². The van der Waals surface area contributed by atoms with E-state index in [0.29, 0.717) is 12.5 Å². The lowest BCUT2D eigenvalue weighted by Crippen LogP contribution is -2.13. The third-order valence-corrected chi connectivity index (χ3v) is 3.92. The molecule has 0 fully saturated rings. The van der Waals surface area contributed by atoms with Gasteiger partial charge in [-0.15, -0.1) is 0 Å². The van der Waals surface area contributed by atoms with Crippen LogP contribution in [0.5, 0.6) is 0 Å². The quantitative estimate of drug-likeness (QED) is 0.539. The average molecular weight is 272 g/mol. The Morgan fingerprint density at radius 1 is 1.17 bits per heavy atom. The number of hydrogen-bond acceptors (Lipinski definition) is 4. The highest BCUT2D eigenvalue weighted by Crippen LogP contribution is 2.10. The SMILES string of the molecule is CCC(C)COCCOS(=O)(=O)c1ccccc1. The summed E-state index contributed by atoms with van der Waals surface area (Å²) in [6.07, 6.45) is 1.04. The van der Waals surface area contributed by atoms with Gasteiger partial charge in [0.15, 0.2) is 0 Å². The van der Waals surface area contributed by atoms with Crippen molar-refractivity contribution in [2.45, 2.75) is 25.2 Å². The molecule has 0 amide bonds. The predicted molar refractivity (Wildman–Crippen MR) is 69.9 cm³/mol. The van der Waals surface area contributed by atoms with E-state index in [9.17, 15) is 8.42 Å². The van der Waals surface area contributed by atoms with Crippen molar-refractivity contribution in [3.63, 3.8) is 0 Å². The highest BCUT2D eigenvalue weighted by Gasteiger charge is 2.13. The smallest absolute Gasteiger partial charge is 0.297 e. The van der Waals surface area contributed by atoms with Crippen molar-refractivity contribution in [2.24, 2.45) is 5.92 Å². The summed E-state index contributed by atoms with van der Waals surface area (Å²) in [5, 5.41) is 0. The summed E-state index contributed by atoms with van der Waals surface area (Å²) in [4.78, 5) is 0.173. The van der Waals surface area contributed by atoms with Crippen LogP contribution in [0.1, 0.15) is 20.3 Å². The first-order valence-electron chi connectivity index (χ1n) is 6.08. The number of hydrogen-bond donors (Lipinski definition) is 0. The minimum atomic E-state index is -3.65. The molecule has 0 aliphatic carbocycles. The van der Waals surface area contributed by atoms with Gasteiger partial charge in [-0.3, -0.25) is 4.18 Å². The second kappa shape index (κ2) is 7.51. The van der Waals surface area contributed by atoms with Gasteiger partial charge in [-0.25, -0.2) is 0 Å². The summed E-state index contributed by atoms with van der Waals surface area (Å²) in [5.74, 6) is 0.482. The molecule has 1 aromatic rings. The minimum Gasteiger partial charge on any atom is -0.379 e. The first kappa shape index (κ1) is 15.1. The molecule has 5 heteroatoms. The summed E-state index contributed by atoms with van der Waals surface area (Å²) >= 11 is 0. The van der Waals surface area contributed by atoms with E-state index < -0.39 is 10.1 Å². The summed E-state index contributed by atoms with van der Waals surface area (Å²) in [6, 6.07) is 8.10. The summed E-state index contributed by atoms with van der Waals surface area (Å²) in [6.45, 7) is 5.14. The maximum atomic E-state index is 11.7. The molecule has 0 radical (unpaired) electrons. The molecule has 0 saturated heterocycles. The van der Waals surface area contributed by atoms with Gasteiger partial charge in [0.05, 0.1) is 18.1 Å². The fraction of sp³-hybridized carbons (Fsp3) is 0.538. The molecule has 0 aromatic heterocycles. The Labute approximate surface area is 109 Å². The molecule has 0 aliphatic rings. The molecule has 1 rings (SSSR count). The normalized spacial score (nSPS) is 13.4. The third kappa shape index (κ3) is 5.16. The molecular weight excluding hydrogens is 252 g/mol. The lowest BCUT2D eigenvalue weighted by atomic mass is 10.1. The third-order valence-electron chi connectivity index (χ3n) is 2.60. The molecular formula is C13H20O4S. The van der Waals surface area contributed by atoms with Gasteiger partial charge < -0.3 is 4.74 Å². The second-order valence-electron chi connectivity index (χ2n) is 4.18. The Morgan fingerprint density at radius 3 is 2.44 bits per heavy atom. The van der Waals surface area contributed by atoms with Crippen LogP contribution in [0, 0.1) is 5.92 Å². The fourth-order valence-electron chi connectivity index (χ4n) is 1.26. The van der Waals surface area contributed by atoms with E-state index in [-0.39, 0.29) is 18.1 Å². The Hall–Kier alpha value is -0.910. The van der Waals surface area contributed by atoms with Gasteiger partial charge in [-0.2, -0.15) is 8.42 Å². The standard InChI is InChI=1S/C13H20O4S/c1-3-12(2)11-16-9-10-17-18(14,15)13-7-5-4-6-8-13/h4-8,12H,3,9-11H2,1-2H3. The molecule has 102 valence electrons. The van der Waals surface area contributed by atoms with E-state index in [1.165, 1.54) is 12.1 Å². The van der Waals surface area contributed by atoms with Crippen LogP contribution in [0.4, 0.5) is 0 Å². The Balaban J connectivity index is 2.31. The molecule has 1 unspecified atom stereocenters. The van der Waals surface area contributed by atoms with E-state index in [0.717, 1.165) is 6.42 Å². The maximum Gasteiger partial charge on any atom is 0.297 e. The Morgan fingerprint density at radius 2 is 1.83 bits per heavy atom. The van der Waals surface area contributed by atoms with E-state index >= 15 is 0 Å². The zero-order valence-electron chi connectivity index (χ0n) is 10.8. The first-order valence-corrected chi connectivity index (χ1v) is 7.49. The van der Waals surface area contributed by atoms with Gasteiger partial charge in [-0.1, -0.05) is 38.5 Å². The monoisotopic (exact) mass is 272 g/mol. The number of rotatable bonds is 8. The van der Waals surface area contributed by atoms with Gasteiger partial charge in [0.1, 0.15) is 0 Å². The molecule has 1 aromatic carbocycles. The van der Waals surface area contributed by atoms with Gasteiger partial charge >= 0.3 is 0 Å². The minimum absolute atomic E-state index is 0.0493. The van der Waals surface area contributed by atoms with Gasteiger partial charge in [-0.05, 0) is 18.1 Å². The molecule has 0 bridgehead atoms. The molecule has 1 atom stereocenters. The molecule has 0 aliphatic heterocycles. The predicted octanol–water partition coefficient (Wildman–Crippen LogP) is 2.45. The number of ether oxygens (including phenoxy) is 1. The van der Waals surface area contributed by atoms with E-state index in [4.69, 9.17) is 8.92 Å². The van der Waals surface area contributed by atoms with Crippen molar-refractivity contribution < 1.29 is 17.3 Å². The average Bonchev–Trinajstić information content (AvgIpc) is 2.39. The maximum absolute atomic E-state index is 11.7. The summed E-state index contributed by atoms with van der Waals surface area (Å²) in [5.41, 5.74) is 0. The van der Waals surface area contributed by atoms with Crippen LogP contribution in [0.2, 0.25) is 0 Å². The summed E-state index contributed by atoms with van der Waals surface area (Å²) < 4.78 is 33.6. The molecule has 0 saturated carbocycles. The van der Waals surface area contributed by atoms with Gasteiger partial charge in [0, 0.05) is 6.61 Å². The van der Waals surface area contributed by atoms with Crippen LogP contribution in [0.3, 0.4) is 0 Å². The Bertz CT molecular complexity index is 428. The molecule has 18 heavy (non-hydrogen) atoms. The highest BCUT2D eigenvalue weighted by molar-refractivity contribution is 7.86. The van der Waals surface area contributed by atoms with Crippen LogP contribution in [-0.2, 0) is 19.0 Å². The van der Waals surface area contributed by atoms with Crippen molar-refractivity contribution in [1.29, 1.82) is 0 Å². The molecule has 4 nitrogen and oxygen atoms in total.